The zero-order valence-electron chi connectivity index (χ0n) is 9.04. The van der Waals surface area contributed by atoms with E-state index in [0.717, 1.165) is 12.8 Å². The van der Waals surface area contributed by atoms with E-state index in [-0.39, 0.29) is 24.7 Å². The van der Waals surface area contributed by atoms with Crippen molar-refractivity contribution in [2.45, 2.75) is 51.4 Å². The third-order valence-electron chi connectivity index (χ3n) is 2.38. The Kier molecular flexibility index (Phi) is 3.50. The van der Waals surface area contributed by atoms with Gasteiger partial charge in [-0.05, 0) is 33.6 Å². The maximum absolute atomic E-state index is 11.6. The van der Waals surface area contributed by atoms with Crippen molar-refractivity contribution in [3.63, 3.8) is 0 Å². The van der Waals surface area contributed by atoms with E-state index in [1.165, 1.54) is 0 Å². The van der Waals surface area contributed by atoms with E-state index in [4.69, 9.17) is 9.84 Å². The van der Waals surface area contributed by atoms with Gasteiger partial charge >= 0.3 is 0 Å². The second-order valence-electron chi connectivity index (χ2n) is 4.54. The first kappa shape index (κ1) is 11.5. The standard InChI is InChI=1S/C10H19NO3/c1-7-4-5-8(14-7)9(13)11-10(2,3)6-12/h7-8,12H,4-6H2,1-3H3,(H,11,13). The summed E-state index contributed by atoms with van der Waals surface area (Å²) in [5, 5.41) is 11.7. The fourth-order valence-electron chi connectivity index (χ4n) is 1.45. The molecule has 1 rings (SSSR count). The van der Waals surface area contributed by atoms with Crippen molar-refractivity contribution in [3.05, 3.63) is 0 Å². The fourth-order valence-corrected chi connectivity index (χ4v) is 1.45. The Morgan fingerprint density at radius 2 is 2.21 bits per heavy atom. The van der Waals surface area contributed by atoms with Crippen LogP contribution in [0.3, 0.4) is 0 Å². The molecule has 2 N–H and O–H groups in total. The monoisotopic (exact) mass is 201 g/mol. The van der Waals surface area contributed by atoms with Crippen molar-refractivity contribution in [1.82, 2.24) is 5.32 Å². The molecule has 0 spiro atoms. The third-order valence-corrected chi connectivity index (χ3v) is 2.38. The zero-order valence-corrected chi connectivity index (χ0v) is 9.04. The summed E-state index contributed by atoms with van der Waals surface area (Å²) in [7, 11) is 0. The highest BCUT2D eigenvalue weighted by molar-refractivity contribution is 5.81. The molecule has 0 aliphatic carbocycles. The topological polar surface area (TPSA) is 58.6 Å². The Morgan fingerprint density at radius 3 is 2.64 bits per heavy atom. The number of amides is 1. The molecule has 1 fully saturated rings. The Balaban J connectivity index is 2.43. The van der Waals surface area contributed by atoms with Crippen molar-refractivity contribution >= 4 is 5.91 Å². The van der Waals surface area contributed by atoms with Gasteiger partial charge in [-0.3, -0.25) is 4.79 Å². The van der Waals surface area contributed by atoms with Crippen molar-refractivity contribution < 1.29 is 14.6 Å². The molecule has 1 heterocycles. The molecule has 0 radical (unpaired) electrons. The molecular weight excluding hydrogens is 182 g/mol. The maximum Gasteiger partial charge on any atom is 0.249 e. The second-order valence-corrected chi connectivity index (χ2v) is 4.54. The minimum atomic E-state index is -0.563. The van der Waals surface area contributed by atoms with Crippen LogP contribution in [0.25, 0.3) is 0 Å². The van der Waals surface area contributed by atoms with Gasteiger partial charge in [-0.25, -0.2) is 0 Å². The lowest BCUT2D eigenvalue weighted by molar-refractivity contribution is -0.133. The summed E-state index contributed by atoms with van der Waals surface area (Å²) < 4.78 is 5.42. The average Bonchev–Trinajstić information content (AvgIpc) is 2.51. The summed E-state index contributed by atoms with van der Waals surface area (Å²) in [5.41, 5.74) is -0.563. The van der Waals surface area contributed by atoms with Crippen LogP contribution in [0.15, 0.2) is 0 Å². The summed E-state index contributed by atoms with van der Waals surface area (Å²) in [6, 6.07) is 0. The first-order valence-electron chi connectivity index (χ1n) is 5.03. The SMILES string of the molecule is CC1CCC(C(=O)NC(C)(C)CO)O1. The average molecular weight is 201 g/mol. The van der Waals surface area contributed by atoms with Crippen LogP contribution < -0.4 is 5.32 Å². The molecule has 0 aromatic heterocycles. The molecule has 0 aromatic rings. The van der Waals surface area contributed by atoms with Gasteiger partial charge in [-0.15, -0.1) is 0 Å². The highest BCUT2D eigenvalue weighted by atomic mass is 16.5. The van der Waals surface area contributed by atoms with Crippen LogP contribution in [0.4, 0.5) is 0 Å². The van der Waals surface area contributed by atoms with E-state index >= 15 is 0 Å². The number of ether oxygens (including phenoxy) is 1. The van der Waals surface area contributed by atoms with Crippen molar-refractivity contribution in [3.8, 4) is 0 Å². The number of aliphatic hydroxyl groups excluding tert-OH is 1. The van der Waals surface area contributed by atoms with Crippen LogP contribution in [-0.4, -0.2) is 35.4 Å². The number of rotatable bonds is 3. The van der Waals surface area contributed by atoms with E-state index < -0.39 is 5.54 Å². The summed E-state index contributed by atoms with van der Waals surface area (Å²) in [5.74, 6) is -0.117. The van der Waals surface area contributed by atoms with Crippen LogP contribution in [0.1, 0.15) is 33.6 Å². The molecule has 4 heteroatoms. The molecule has 1 saturated heterocycles. The van der Waals surface area contributed by atoms with Gasteiger partial charge in [-0.1, -0.05) is 0 Å². The molecule has 82 valence electrons. The minimum absolute atomic E-state index is 0.0684. The van der Waals surface area contributed by atoms with Gasteiger partial charge in [0.2, 0.25) is 5.91 Å². The van der Waals surface area contributed by atoms with Crippen LogP contribution in [0.5, 0.6) is 0 Å². The number of carbonyl (C=O) groups is 1. The molecule has 0 aromatic carbocycles. The molecule has 2 atom stereocenters. The molecule has 2 unspecified atom stereocenters. The summed E-state index contributed by atoms with van der Waals surface area (Å²) >= 11 is 0. The van der Waals surface area contributed by atoms with Gasteiger partial charge in [-0.2, -0.15) is 0 Å². The highest BCUT2D eigenvalue weighted by Gasteiger charge is 2.31. The molecule has 1 aliphatic heterocycles. The van der Waals surface area contributed by atoms with Crippen LogP contribution in [0.2, 0.25) is 0 Å². The first-order chi connectivity index (χ1) is 6.44. The fraction of sp³-hybridized carbons (Fsp3) is 0.900. The molecule has 0 saturated carbocycles. The number of nitrogens with one attached hydrogen (secondary N) is 1. The lowest BCUT2D eigenvalue weighted by atomic mass is 10.1. The number of carbonyl (C=O) groups excluding carboxylic acids is 1. The van der Waals surface area contributed by atoms with Gasteiger partial charge in [0.25, 0.3) is 0 Å². The van der Waals surface area contributed by atoms with E-state index in [1.807, 2.05) is 6.92 Å². The molecule has 1 amide bonds. The van der Waals surface area contributed by atoms with E-state index in [9.17, 15) is 4.79 Å². The molecule has 0 bridgehead atoms. The maximum atomic E-state index is 11.6. The minimum Gasteiger partial charge on any atom is -0.394 e. The van der Waals surface area contributed by atoms with Gasteiger partial charge in [0, 0.05) is 0 Å². The van der Waals surface area contributed by atoms with Crippen molar-refractivity contribution in [2.24, 2.45) is 0 Å². The molecule has 4 nitrogen and oxygen atoms in total. The Bertz CT molecular complexity index is 215. The van der Waals surface area contributed by atoms with Gasteiger partial charge in [0.15, 0.2) is 0 Å². The largest absolute Gasteiger partial charge is 0.394 e. The van der Waals surface area contributed by atoms with Crippen LogP contribution >= 0.6 is 0 Å². The second kappa shape index (κ2) is 4.28. The van der Waals surface area contributed by atoms with Crippen molar-refractivity contribution in [1.29, 1.82) is 0 Å². The van der Waals surface area contributed by atoms with Gasteiger partial charge < -0.3 is 15.2 Å². The smallest absolute Gasteiger partial charge is 0.249 e. The molecule has 14 heavy (non-hydrogen) atoms. The normalized spacial score (nSPS) is 27.7. The Labute approximate surface area is 84.6 Å². The molecule has 1 aliphatic rings. The van der Waals surface area contributed by atoms with Gasteiger partial charge in [0.05, 0.1) is 18.2 Å². The predicted molar refractivity (Wildman–Crippen MR) is 52.9 cm³/mol. The molecular formula is C10H19NO3. The summed E-state index contributed by atoms with van der Waals surface area (Å²) in [6.07, 6.45) is 1.53. The van der Waals surface area contributed by atoms with E-state index in [2.05, 4.69) is 5.32 Å². The lowest BCUT2D eigenvalue weighted by Gasteiger charge is -2.25. The number of aliphatic hydroxyl groups is 1. The summed E-state index contributed by atoms with van der Waals surface area (Å²) in [6.45, 7) is 5.46. The summed E-state index contributed by atoms with van der Waals surface area (Å²) in [4.78, 5) is 11.6. The predicted octanol–water partition coefficient (Wildman–Crippen LogP) is 0.441. The zero-order chi connectivity index (χ0) is 10.8. The number of hydrogen-bond acceptors (Lipinski definition) is 3. The Morgan fingerprint density at radius 1 is 1.57 bits per heavy atom. The van der Waals surface area contributed by atoms with E-state index in [1.54, 1.807) is 13.8 Å². The quantitative estimate of drug-likeness (QED) is 0.696. The van der Waals surface area contributed by atoms with Crippen molar-refractivity contribution in [2.75, 3.05) is 6.61 Å². The van der Waals surface area contributed by atoms with Crippen LogP contribution in [0, 0.1) is 0 Å². The van der Waals surface area contributed by atoms with E-state index in [0.29, 0.717) is 0 Å². The Hall–Kier alpha value is -0.610. The van der Waals surface area contributed by atoms with Gasteiger partial charge in [0.1, 0.15) is 6.10 Å². The number of hydrogen-bond donors (Lipinski definition) is 2. The highest BCUT2D eigenvalue weighted by Crippen LogP contribution is 2.19. The first-order valence-corrected chi connectivity index (χ1v) is 5.03. The lowest BCUT2D eigenvalue weighted by Crippen LogP contribution is -2.50. The van der Waals surface area contributed by atoms with Crippen LogP contribution in [-0.2, 0) is 9.53 Å². The third kappa shape index (κ3) is 2.96.